The topological polar surface area (TPSA) is 200 Å². The Morgan fingerprint density at radius 2 is 1.51 bits per heavy atom. The quantitative estimate of drug-likeness (QED) is 0.249. The Morgan fingerprint density at radius 3 is 2.05 bits per heavy atom. The Morgan fingerprint density at radius 1 is 0.891 bits per heavy atom. The zero-order valence-corrected chi connectivity index (χ0v) is 35.5. The highest BCUT2D eigenvalue weighted by Gasteiger charge is 2.54. The van der Waals surface area contributed by atoms with Crippen molar-refractivity contribution >= 4 is 17.7 Å². The molecule has 15 nitrogen and oxygen atoms in total. The summed E-state index contributed by atoms with van der Waals surface area (Å²) in [6.07, 6.45) is -9.68. The van der Waals surface area contributed by atoms with E-state index in [0.29, 0.717) is 6.42 Å². The summed E-state index contributed by atoms with van der Waals surface area (Å²) in [4.78, 5) is 42.9. The van der Waals surface area contributed by atoms with Crippen LogP contribution >= 0.6 is 0 Å². The van der Waals surface area contributed by atoms with Crippen molar-refractivity contribution < 1.29 is 68.0 Å². The minimum absolute atomic E-state index is 0.0760. The van der Waals surface area contributed by atoms with Gasteiger partial charge in [0, 0.05) is 37.7 Å². The molecule has 0 bridgehead atoms. The number of hydrogen-bond donors (Lipinski definition) is 4. The molecule has 4 N–H and O–H groups in total. The molecule has 3 aliphatic heterocycles. The van der Waals surface area contributed by atoms with Gasteiger partial charge in [-0.05, 0) is 74.9 Å². The van der Waals surface area contributed by atoms with Gasteiger partial charge in [-0.25, -0.2) is 0 Å². The van der Waals surface area contributed by atoms with Crippen LogP contribution in [0.4, 0.5) is 0 Å². The van der Waals surface area contributed by atoms with E-state index in [1.807, 2.05) is 25.9 Å². The maximum absolute atomic E-state index is 14.2. The number of rotatable bonds is 9. The summed E-state index contributed by atoms with van der Waals surface area (Å²) in [7, 11) is 5.21. The minimum Gasteiger partial charge on any atom is -0.459 e. The molecule has 3 heterocycles. The van der Waals surface area contributed by atoms with Gasteiger partial charge in [-0.1, -0.05) is 34.6 Å². The van der Waals surface area contributed by atoms with E-state index >= 15 is 0 Å². The summed E-state index contributed by atoms with van der Waals surface area (Å²) in [5, 5.41) is 46.6. The number of likely N-dealkylation sites (N-methyl/N-ethyl adjacent to an activating group) is 1. The first-order chi connectivity index (χ1) is 25.4. The number of carbonyl (C=O) groups excluding carboxylic acids is 3. The standard InChI is InChI=1S/C40H71NO14/c1-15-27-40(11,48)33(44)22(5)30(43)20(3)18-38(9,47)35(55-37-32(53-28(42)16-2)26(41(12)13)17-21(4)50-37)23(6)31(24(7)36(46)52-27)54-29-19-39(10,49-14)34(45)25(8)51-29/h20-27,29,31-35,37,44-45,47-48H,15-19H2,1-14H3/t20-,21-,22+,23+,24-,25+,26+,27-,29-,31+,32+,33-,34+,35-,37+,38-,39+,40-/m0/s1. The maximum Gasteiger partial charge on any atom is 0.311 e. The van der Waals surface area contributed by atoms with Crippen molar-refractivity contribution in [3.63, 3.8) is 0 Å². The highest BCUT2D eigenvalue weighted by molar-refractivity contribution is 5.83. The van der Waals surface area contributed by atoms with Crippen molar-refractivity contribution in [2.24, 2.45) is 23.7 Å². The van der Waals surface area contributed by atoms with E-state index < -0.39 is 114 Å². The van der Waals surface area contributed by atoms with Crippen LogP contribution in [0.15, 0.2) is 0 Å². The minimum atomic E-state index is -2.01. The molecule has 3 fully saturated rings. The SMILES string of the molecule is CCC(=O)O[C@H]1[C@@H](O[C@H]2[C@H](C)[C@@H](O[C@H]3C[C@@](C)(OC)[C@H](O)[C@@H](C)O3)[C@H](C)C(=O)O[C@@H](CC)[C@](C)(O)[C@@H](O)[C@H](C)C(=O)[C@@H](C)C[C@]2(C)O)O[C@@H](C)C[C@H]1N(C)C. The Labute approximate surface area is 327 Å². The molecule has 0 aromatic carbocycles. The Hall–Kier alpha value is -1.79. The molecule has 18 atom stereocenters. The number of Topliss-reactive ketones (excluding diaryl/α,β-unsaturated/α-hetero) is 1. The largest absolute Gasteiger partial charge is 0.459 e. The summed E-state index contributed by atoms with van der Waals surface area (Å²) < 4.78 is 43.6. The highest BCUT2D eigenvalue weighted by Crippen LogP contribution is 2.41. The molecule has 320 valence electrons. The fourth-order valence-electron chi connectivity index (χ4n) is 8.76. The lowest BCUT2D eigenvalue weighted by Crippen LogP contribution is -2.61. The number of ketones is 1. The number of cyclic esters (lactones) is 1. The number of ether oxygens (including phenoxy) is 7. The fourth-order valence-corrected chi connectivity index (χ4v) is 8.76. The van der Waals surface area contributed by atoms with Crippen molar-refractivity contribution in [1.29, 1.82) is 0 Å². The van der Waals surface area contributed by atoms with Gasteiger partial charge in [-0.3, -0.25) is 14.4 Å². The van der Waals surface area contributed by atoms with Crippen LogP contribution in [-0.4, -0.2) is 149 Å². The van der Waals surface area contributed by atoms with E-state index in [1.54, 1.807) is 48.5 Å². The Bertz CT molecular complexity index is 1290. The molecule has 0 amide bonds. The van der Waals surface area contributed by atoms with E-state index in [4.69, 9.17) is 33.2 Å². The lowest BCUT2D eigenvalue weighted by atomic mass is 9.74. The molecule has 3 saturated heterocycles. The van der Waals surface area contributed by atoms with E-state index in [-0.39, 0.29) is 37.8 Å². The Kier molecular flexibility index (Phi) is 16.3. The van der Waals surface area contributed by atoms with Gasteiger partial charge >= 0.3 is 11.9 Å². The monoisotopic (exact) mass is 789 g/mol. The first-order valence-electron chi connectivity index (χ1n) is 19.9. The first-order valence-corrected chi connectivity index (χ1v) is 19.9. The third-order valence-electron chi connectivity index (χ3n) is 12.4. The van der Waals surface area contributed by atoms with Gasteiger partial charge in [-0.2, -0.15) is 0 Å². The number of carbonyl (C=O) groups is 3. The summed E-state index contributed by atoms with van der Waals surface area (Å²) in [6, 6.07) is -0.319. The van der Waals surface area contributed by atoms with Crippen LogP contribution in [-0.2, 0) is 47.5 Å². The molecule has 0 aromatic rings. The Balaban J connectivity index is 2.24. The van der Waals surface area contributed by atoms with Crippen molar-refractivity contribution in [1.82, 2.24) is 4.90 Å². The van der Waals surface area contributed by atoms with Crippen molar-refractivity contribution in [3.05, 3.63) is 0 Å². The van der Waals surface area contributed by atoms with E-state index in [2.05, 4.69) is 0 Å². The van der Waals surface area contributed by atoms with Crippen LogP contribution in [0, 0.1) is 23.7 Å². The number of aliphatic hydroxyl groups is 4. The average Bonchev–Trinajstić information content (AvgIpc) is 3.11. The number of aliphatic hydroxyl groups excluding tert-OH is 2. The molecule has 3 aliphatic rings. The average molecular weight is 790 g/mol. The summed E-state index contributed by atoms with van der Waals surface area (Å²) >= 11 is 0. The number of methoxy groups -OCH3 is 1. The van der Waals surface area contributed by atoms with E-state index in [0.717, 1.165) is 0 Å². The van der Waals surface area contributed by atoms with Gasteiger partial charge in [0.2, 0.25) is 0 Å². The van der Waals surface area contributed by atoms with Gasteiger partial charge in [0.05, 0.1) is 53.7 Å². The molecule has 0 saturated carbocycles. The van der Waals surface area contributed by atoms with Crippen LogP contribution in [0.2, 0.25) is 0 Å². The third-order valence-corrected chi connectivity index (χ3v) is 12.4. The molecular weight excluding hydrogens is 718 g/mol. The maximum atomic E-state index is 14.2. The lowest BCUT2D eigenvalue weighted by Gasteiger charge is -2.49. The van der Waals surface area contributed by atoms with Crippen LogP contribution in [0.1, 0.15) is 108 Å². The second-order valence-electron chi connectivity index (χ2n) is 17.3. The normalized spacial score (nSPS) is 46.9. The van der Waals surface area contributed by atoms with Crippen molar-refractivity contribution in [2.75, 3.05) is 21.2 Å². The van der Waals surface area contributed by atoms with Gasteiger partial charge in [-0.15, -0.1) is 0 Å². The summed E-state index contributed by atoms with van der Waals surface area (Å²) in [5.74, 6) is -5.59. The predicted octanol–water partition coefficient (Wildman–Crippen LogP) is 2.75. The van der Waals surface area contributed by atoms with E-state index in [1.165, 1.54) is 27.9 Å². The van der Waals surface area contributed by atoms with Crippen LogP contribution < -0.4 is 0 Å². The molecule has 0 unspecified atom stereocenters. The van der Waals surface area contributed by atoms with E-state index in [9.17, 15) is 34.8 Å². The number of nitrogens with zero attached hydrogens (tertiary/aromatic N) is 1. The zero-order valence-electron chi connectivity index (χ0n) is 35.5. The molecule has 0 aromatic heterocycles. The van der Waals surface area contributed by atoms with Crippen LogP contribution in [0.5, 0.6) is 0 Å². The second kappa shape index (κ2) is 18.9. The van der Waals surface area contributed by atoms with Gasteiger partial charge in [0.1, 0.15) is 23.6 Å². The fraction of sp³-hybridized carbons (Fsp3) is 0.925. The molecule has 55 heavy (non-hydrogen) atoms. The molecule has 0 aliphatic carbocycles. The summed E-state index contributed by atoms with van der Waals surface area (Å²) in [6.45, 7) is 18.0. The second-order valence-corrected chi connectivity index (χ2v) is 17.3. The summed E-state index contributed by atoms with van der Waals surface area (Å²) in [5.41, 5.74) is -4.92. The molecule has 0 spiro atoms. The molecular formula is C40H71NO14. The van der Waals surface area contributed by atoms with Gasteiger partial charge in [0.15, 0.2) is 18.7 Å². The molecule has 3 rings (SSSR count). The number of hydrogen-bond acceptors (Lipinski definition) is 15. The molecule has 0 radical (unpaired) electrons. The van der Waals surface area contributed by atoms with Gasteiger partial charge in [0.25, 0.3) is 0 Å². The number of esters is 2. The van der Waals surface area contributed by atoms with Gasteiger partial charge < -0.3 is 58.5 Å². The molecule has 15 heteroatoms. The smallest absolute Gasteiger partial charge is 0.311 e. The zero-order chi connectivity index (χ0) is 42.0. The predicted molar refractivity (Wildman–Crippen MR) is 200 cm³/mol. The van der Waals surface area contributed by atoms with Crippen LogP contribution in [0.3, 0.4) is 0 Å². The van der Waals surface area contributed by atoms with Crippen molar-refractivity contribution in [2.45, 2.75) is 193 Å². The lowest BCUT2D eigenvalue weighted by molar-refractivity contribution is -0.319. The highest BCUT2D eigenvalue weighted by atomic mass is 16.7. The van der Waals surface area contributed by atoms with Crippen LogP contribution in [0.25, 0.3) is 0 Å². The third kappa shape index (κ3) is 10.6. The first kappa shape index (κ1) is 47.6. The van der Waals surface area contributed by atoms with Crippen molar-refractivity contribution in [3.8, 4) is 0 Å².